The van der Waals surface area contributed by atoms with Gasteiger partial charge in [-0.3, -0.25) is 9.89 Å². The molecule has 1 amide bonds. The smallest absolute Gasteiger partial charge is 0.229 e. The van der Waals surface area contributed by atoms with Crippen LogP contribution in [0, 0.1) is 18.3 Å². The lowest BCUT2D eigenvalue weighted by Gasteiger charge is -2.40. The van der Waals surface area contributed by atoms with Gasteiger partial charge in [0.1, 0.15) is 6.33 Å². The fourth-order valence-electron chi connectivity index (χ4n) is 6.27. The summed E-state index contributed by atoms with van der Waals surface area (Å²) >= 11 is 0. The lowest BCUT2D eigenvalue weighted by atomic mass is 9.73. The minimum atomic E-state index is -0.266. The summed E-state index contributed by atoms with van der Waals surface area (Å²) in [4.78, 5) is 20.6. The van der Waals surface area contributed by atoms with Crippen LogP contribution in [0.5, 0.6) is 0 Å². The molecule has 7 heteroatoms. The summed E-state index contributed by atoms with van der Waals surface area (Å²) in [7, 11) is 0. The van der Waals surface area contributed by atoms with E-state index >= 15 is 0 Å². The molecule has 2 aromatic rings. The van der Waals surface area contributed by atoms with Gasteiger partial charge < -0.3 is 15.0 Å². The third-order valence-corrected chi connectivity index (χ3v) is 8.21. The Morgan fingerprint density at radius 2 is 2.06 bits per heavy atom. The van der Waals surface area contributed by atoms with Gasteiger partial charge >= 0.3 is 0 Å². The lowest BCUT2D eigenvalue weighted by Crippen LogP contribution is -2.49. The Labute approximate surface area is 196 Å². The van der Waals surface area contributed by atoms with Gasteiger partial charge in [0.25, 0.3) is 0 Å². The van der Waals surface area contributed by atoms with Crippen molar-refractivity contribution < 1.29 is 9.53 Å². The number of carbonyl (C=O) groups excluding carboxylic acids is 1. The first-order valence-electron chi connectivity index (χ1n) is 12.6. The summed E-state index contributed by atoms with van der Waals surface area (Å²) in [5.41, 5.74) is 4.59. The second-order valence-corrected chi connectivity index (χ2v) is 10.6. The number of ether oxygens (including phenoxy) is 1. The second-order valence-electron chi connectivity index (χ2n) is 10.6. The molecule has 0 spiro atoms. The van der Waals surface area contributed by atoms with Crippen LogP contribution in [0.15, 0.2) is 18.5 Å². The van der Waals surface area contributed by atoms with Gasteiger partial charge in [0, 0.05) is 44.0 Å². The van der Waals surface area contributed by atoms with E-state index in [1.165, 1.54) is 16.7 Å². The standard InChI is InChI=1S/C26H37N5O2/c1-17(2)26(8-4-21(14-26)29-20-6-10-33-11-7-20)25(32)31-9-5-22-19(15-31)12-18(3)13-23(22)24-27-16-28-30-24/h12-13,16-17,20-21,29H,4-11,14-15H2,1-3H3,(H,27,28,30)/t21-,26+/m1/s1. The number of aromatic amines is 1. The Hall–Kier alpha value is -2.25. The number of hydrogen-bond donors (Lipinski definition) is 2. The Bertz CT molecular complexity index is 983. The van der Waals surface area contributed by atoms with Crippen LogP contribution in [0.25, 0.3) is 11.4 Å². The Balaban J connectivity index is 1.34. The number of aryl methyl sites for hydroxylation is 1. The van der Waals surface area contributed by atoms with E-state index in [0.29, 0.717) is 30.5 Å². The van der Waals surface area contributed by atoms with E-state index in [4.69, 9.17) is 4.74 Å². The molecule has 1 aliphatic carbocycles. The van der Waals surface area contributed by atoms with Crippen molar-refractivity contribution in [1.29, 1.82) is 0 Å². The molecule has 2 N–H and O–H groups in total. The summed E-state index contributed by atoms with van der Waals surface area (Å²) in [6.07, 6.45) is 7.58. The minimum absolute atomic E-state index is 0.266. The number of aromatic nitrogens is 3. The molecular weight excluding hydrogens is 414 g/mol. The van der Waals surface area contributed by atoms with Gasteiger partial charge in [-0.2, -0.15) is 5.10 Å². The van der Waals surface area contributed by atoms with E-state index in [-0.39, 0.29) is 5.41 Å². The van der Waals surface area contributed by atoms with Gasteiger partial charge in [0.2, 0.25) is 5.91 Å². The van der Waals surface area contributed by atoms with Crippen LogP contribution in [0.4, 0.5) is 0 Å². The van der Waals surface area contributed by atoms with Crippen LogP contribution in [0.2, 0.25) is 0 Å². The number of amides is 1. The van der Waals surface area contributed by atoms with E-state index in [0.717, 1.165) is 69.7 Å². The molecule has 7 nitrogen and oxygen atoms in total. The summed E-state index contributed by atoms with van der Waals surface area (Å²) in [5, 5.41) is 10.9. The van der Waals surface area contributed by atoms with E-state index in [9.17, 15) is 4.79 Å². The molecular formula is C26H37N5O2. The van der Waals surface area contributed by atoms with E-state index < -0.39 is 0 Å². The molecule has 5 rings (SSSR count). The van der Waals surface area contributed by atoms with Crippen LogP contribution >= 0.6 is 0 Å². The van der Waals surface area contributed by atoms with E-state index in [2.05, 4.69) is 58.3 Å². The highest BCUT2D eigenvalue weighted by Crippen LogP contribution is 2.47. The van der Waals surface area contributed by atoms with Crippen LogP contribution in [-0.2, 0) is 22.5 Å². The van der Waals surface area contributed by atoms with Crippen molar-refractivity contribution in [3.8, 4) is 11.4 Å². The average Bonchev–Trinajstić information content (AvgIpc) is 3.49. The zero-order valence-electron chi connectivity index (χ0n) is 20.2. The Morgan fingerprint density at radius 3 is 2.79 bits per heavy atom. The predicted molar refractivity (Wildman–Crippen MR) is 128 cm³/mol. The van der Waals surface area contributed by atoms with Gasteiger partial charge in [-0.25, -0.2) is 4.98 Å². The molecule has 178 valence electrons. The number of rotatable bonds is 5. The predicted octanol–water partition coefficient (Wildman–Crippen LogP) is 3.63. The maximum absolute atomic E-state index is 14.1. The quantitative estimate of drug-likeness (QED) is 0.725. The number of fused-ring (bicyclic) bond motifs is 1. The average molecular weight is 452 g/mol. The molecule has 1 saturated carbocycles. The molecule has 0 unspecified atom stereocenters. The van der Waals surface area contributed by atoms with Crippen molar-refractivity contribution in [3.63, 3.8) is 0 Å². The number of hydrogen-bond acceptors (Lipinski definition) is 5. The number of benzene rings is 1. The van der Waals surface area contributed by atoms with Crippen molar-refractivity contribution in [3.05, 3.63) is 35.2 Å². The SMILES string of the molecule is Cc1cc2c(c(-c3ncn[nH]3)c1)CCN(C(=O)[C@@]1(C(C)C)CC[C@@H](NC3CCOCC3)C1)C2. The van der Waals surface area contributed by atoms with Gasteiger partial charge in [0.05, 0.1) is 5.41 Å². The van der Waals surface area contributed by atoms with Gasteiger partial charge in [-0.1, -0.05) is 25.5 Å². The fraction of sp³-hybridized carbons (Fsp3) is 0.654. The number of H-pyrrole nitrogens is 1. The molecule has 3 heterocycles. The zero-order chi connectivity index (χ0) is 23.0. The van der Waals surface area contributed by atoms with Crippen molar-refractivity contribution in [2.24, 2.45) is 11.3 Å². The molecule has 0 radical (unpaired) electrons. The van der Waals surface area contributed by atoms with Crippen LogP contribution < -0.4 is 5.32 Å². The maximum atomic E-state index is 14.1. The highest BCUT2D eigenvalue weighted by Gasteiger charge is 2.49. The van der Waals surface area contributed by atoms with Crippen LogP contribution in [-0.4, -0.2) is 57.8 Å². The van der Waals surface area contributed by atoms with Gasteiger partial charge in [-0.15, -0.1) is 0 Å². The third-order valence-electron chi connectivity index (χ3n) is 8.21. The summed E-state index contributed by atoms with van der Waals surface area (Å²) in [5.74, 6) is 1.49. The largest absolute Gasteiger partial charge is 0.381 e. The highest BCUT2D eigenvalue weighted by atomic mass is 16.5. The molecule has 1 aromatic carbocycles. The summed E-state index contributed by atoms with van der Waals surface area (Å²) < 4.78 is 5.52. The monoisotopic (exact) mass is 451 g/mol. The molecule has 2 aliphatic heterocycles. The first-order valence-corrected chi connectivity index (χ1v) is 12.6. The van der Waals surface area contributed by atoms with Gasteiger partial charge in [0.15, 0.2) is 5.82 Å². The van der Waals surface area contributed by atoms with Crippen molar-refractivity contribution in [2.75, 3.05) is 19.8 Å². The summed E-state index contributed by atoms with van der Waals surface area (Å²) in [6.45, 7) is 9.73. The second kappa shape index (κ2) is 9.18. The highest BCUT2D eigenvalue weighted by molar-refractivity contribution is 5.84. The Kier molecular flexibility index (Phi) is 6.27. The van der Waals surface area contributed by atoms with Crippen LogP contribution in [0.3, 0.4) is 0 Å². The molecule has 1 aromatic heterocycles. The van der Waals surface area contributed by atoms with Gasteiger partial charge in [-0.05, 0) is 68.6 Å². The summed E-state index contributed by atoms with van der Waals surface area (Å²) in [6, 6.07) is 5.37. The molecule has 2 fully saturated rings. The number of carbonyl (C=O) groups is 1. The first-order chi connectivity index (χ1) is 16.0. The first kappa shape index (κ1) is 22.5. The van der Waals surface area contributed by atoms with Crippen molar-refractivity contribution in [1.82, 2.24) is 25.4 Å². The molecule has 3 aliphatic rings. The molecule has 33 heavy (non-hydrogen) atoms. The topological polar surface area (TPSA) is 83.1 Å². The van der Waals surface area contributed by atoms with E-state index in [1.54, 1.807) is 6.33 Å². The zero-order valence-corrected chi connectivity index (χ0v) is 20.2. The molecule has 0 bridgehead atoms. The number of nitrogens with one attached hydrogen (secondary N) is 2. The normalized spacial score (nSPS) is 26.1. The lowest BCUT2D eigenvalue weighted by molar-refractivity contribution is -0.145. The van der Waals surface area contributed by atoms with E-state index in [1.807, 2.05) is 0 Å². The Morgan fingerprint density at radius 1 is 1.24 bits per heavy atom. The third kappa shape index (κ3) is 4.33. The van der Waals surface area contributed by atoms with Crippen molar-refractivity contribution >= 4 is 5.91 Å². The number of nitrogens with zero attached hydrogens (tertiary/aromatic N) is 3. The fourth-order valence-corrected chi connectivity index (χ4v) is 6.27. The van der Waals surface area contributed by atoms with Crippen molar-refractivity contribution in [2.45, 2.75) is 77.9 Å². The molecule has 1 saturated heterocycles. The minimum Gasteiger partial charge on any atom is -0.381 e. The molecule has 2 atom stereocenters. The van der Waals surface area contributed by atoms with Crippen LogP contribution in [0.1, 0.15) is 62.6 Å². The maximum Gasteiger partial charge on any atom is 0.229 e.